The molecule has 1 spiro atoms. The first kappa shape index (κ1) is 50.5. The molecule has 1 unspecified atom stereocenters. The van der Waals surface area contributed by atoms with Gasteiger partial charge < -0.3 is 9.47 Å². The van der Waals surface area contributed by atoms with E-state index in [0.717, 1.165) is 41.1 Å². The number of aromatic nitrogens is 1. The highest BCUT2D eigenvalue weighted by atomic mass is 15.2. The van der Waals surface area contributed by atoms with Crippen molar-refractivity contribution in [3.05, 3.63) is 358 Å². The number of hydrogen-bond donors (Lipinski definition) is 0. The summed E-state index contributed by atoms with van der Waals surface area (Å²) < 4.78 is 2.49. The third-order valence-electron chi connectivity index (χ3n) is 20.1. The average Bonchev–Trinajstić information content (AvgIpc) is 1.51. The van der Waals surface area contributed by atoms with E-state index in [2.05, 4.69) is 321 Å². The summed E-state index contributed by atoms with van der Waals surface area (Å²) in [5.74, 6) is -0.0257. The van der Waals surface area contributed by atoms with E-state index in [9.17, 15) is 0 Å². The minimum Gasteiger partial charge on any atom is -0.309 e. The fourth-order valence-corrected chi connectivity index (χ4v) is 16.0. The maximum atomic E-state index is 2.64. The summed E-state index contributed by atoms with van der Waals surface area (Å²) in [7, 11) is 0. The van der Waals surface area contributed by atoms with Crippen molar-refractivity contribution in [2.45, 2.75) is 38.0 Å². The van der Waals surface area contributed by atoms with E-state index in [-0.39, 0.29) is 5.92 Å². The van der Waals surface area contributed by atoms with Crippen LogP contribution < -0.4 is 4.90 Å². The molecule has 3 aliphatic rings. The first-order valence-electron chi connectivity index (χ1n) is 31.1. The number of hydrogen-bond acceptors (Lipinski definition) is 1. The molecular formula is C86H60N2. The Labute approximate surface area is 513 Å². The van der Waals surface area contributed by atoms with E-state index in [1.54, 1.807) is 0 Å². The predicted molar refractivity (Wildman–Crippen MR) is 368 cm³/mol. The molecule has 1 heterocycles. The van der Waals surface area contributed by atoms with E-state index < -0.39 is 5.41 Å². The number of nitrogens with zero attached hydrogens (tertiary/aromatic N) is 2. The van der Waals surface area contributed by atoms with Crippen LogP contribution in [0.25, 0.3) is 93.5 Å². The molecule has 0 fully saturated rings. The molecule has 14 aromatic carbocycles. The summed E-state index contributed by atoms with van der Waals surface area (Å²) in [6, 6.07) is 113. The highest BCUT2D eigenvalue weighted by molar-refractivity contribution is 6.19. The largest absolute Gasteiger partial charge is 0.309 e. The van der Waals surface area contributed by atoms with E-state index in [1.807, 2.05) is 0 Å². The minimum absolute atomic E-state index is 0.0257. The van der Waals surface area contributed by atoms with Crippen molar-refractivity contribution >= 4 is 60.4 Å². The van der Waals surface area contributed by atoms with Gasteiger partial charge in [-0.25, -0.2) is 0 Å². The van der Waals surface area contributed by atoms with Gasteiger partial charge in [-0.3, -0.25) is 0 Å². The zero-order valence-corrected chi connectivity index (χ0v) is 49.2. The van der Waals surface area contributed by atoms with Gasteiger partial charge in [0.1, 0.15) is 0 Å². The van der Waals surface area contributed by atoms with E-state index in [1.165, 1.54) is 144 Å². The summed E-state index contributed by atoms with van der Waals surface area (Å²) in [6.45, 7) is 4.49. The molecule has 0 saturated carbocycles. The summed E-state index contributed by atoms with van der Waals surface area (Å²) >= 11 is 0. The van der Waals surface area contributed by atoms with Gasteiger partial charge in [0, 0.05) is 33.5 Å². The predicted octanol–water partition coefficient (Wildman–Crippen LogP) is 22.1. The van der Waals surface area contributed by atoms with Crippen LogP contribution in [0.3, 0.4) is 0 Å². The van der Waals surface area contributed by atoms with Gasteiger partial charge in [0.15, 0.2) is 0 Å². The molecule has 15 aromatic rings. The Bertz CT molecular complexity index is 5340. The fourth-order valence-electron chi connectivity index (χ4n) is 16.0. The molecule has 0 N–H and O–H groups in total. The Balaban J connectivity index is 0.937. The number of aryl methyl sites for hydroxylation is 4. The Morgan fingerprint density at radius 1 is 0.352 bits per heavy atom. The average molecular weight is 1120 g/mol. The Morgan fingerprint density at radius 2 is 0.977 bits per heavy atom. The maximum absolute atomic E-state index is 2.64. The van der Waals surface area contributed by atoms with Gasteiger partial charge >= 0.3 is 0 Å². The lowest BCUT2D eigenvalue weighted by molar-refractivity contribution is 0.790. The van der Waals surface area contributed by atoms with Gasteiger partial charge in [0.25, 0.3) is 0 Å². The van der Waals surface area contributed by atoms with Crippen molar-refractivity contribution in [3.8, 4) is 50.2 Å². The van der Waals surface area contributed by atoms with Gasteiger partial charge in [-0.2, -0.15) is 0 Å². The van der Waals surface area contributed by atoms with Crippen LogP contribution in [0.15, 0.2) is 297 Å². The second-order valence-electron chi connectivity index (χ2n) is 24.7. The van der Waals surface area contributed by atoms with E-state index in [4.69, 9.17) is 0 Å². The SMILES string of the molecule is Cc1ccc(C(c2ccc3c(c2)C2(c4ccccc4-c4ccccc42)c2cc(N(c4ccc5c(c4)-c4ccccc4CC5)c4cccc5c4c4ccccc4n5-c4cccc(-c5ccccc5)c4)c4ccccc4c2-3)c2ccc3ccccc3c2)cc1C. The molecule has 3 aliphatic carbocycles. The van der Waals surface area contributed by atoms with Gasteiger partial charge in [-0.1, -0.05) is 249 Å². The monoisotopic (exact) mass is 1120 g/mol. The zero-order chi connectivity index (χ0) is 58.2. The Morgan fingerprint density at radius 3 is 1.80 bits per heavy atom. The molecule has 0 radical (unpaired) electrons. The molecule has 1 atom stereocenters. The normalized spacial score (nSPS) is 13.5. The highest BCUT2D eigenvalue weighted by Crippen LogP contribution is 2.65. The number of anilines is 3. The first-order valence-corrected chi connectivity index (χ1v) is 31.1. The number of fused-ring (bicyclic) bond motifs is 19. The van der Waals surface area contributed by atoms with Gasteiger partial charge in [0.2, 0.25) is 0 Å². The van der Waals surface area contributed by atoms with E-state index in [0.29, 0.717) is 0 Å². The molecule has 2 heteroatoms. The van der Waals surface area contributed by atoms with Gasteiger partial charge in [-0.05, 0) is 197 Å². The van der Waals surface area contributed by atoms with Crippen molar-refractivity contribution in [3.63, 3.8) is 0 Å². The zero-order valence-electron chi connectivity index (χ0n) is 49.2. The van der Waals surface area contributed by atoms with Crippen molar-refractivity contribution in [1.29, 1.82) is 0 Å². The second-order valence-corrected chi connectivity index (χ2v) is 24.7. The second kappa shape index (κ2) is 19.6. The van der Waals surface area contributed by atoms with Gasteiger partial charge in [-0.15, -0.1) is 0 Å². The van der Waals surface area contributed by atoms with Crippen molar-refractivity contribution in [2.75, 3.05) is 4.90 Å². The lowest BCUT2D eigenvalue weighted by atomic mass is 9.69. The number of benzene rings is 14. The van der Waals surface area contributed by atoms with Crippen LogP contribution in [-0.2, 0) is 18.3 Å². The number of para-hydroxylation sites is 1. The molecule has 0 bridgehead atoms. The number of rotatable bonds is 8. The van der Waals surface area contributed by atoms with Crippen molar-refractivity contribution in [1.82, 2.24) is 4.57 Å². The Hall–Kier alpha value is -10.8. The summed E-state index contributed by atoms with van der Waals surface area (Å²) in [5, 5.41) is 7.35. The van der Waals surface area contributed by atoms with Crippen LogP contribution in [0.5, 0.6) is 0 Å². The van der Waals surface area contributed by atoms with Crippen LogP contribution in [-0.4, -0.2) is 4.57 Å². The lowest BCUT2D eigenvalue weighted by Crippen LogP contribution is -2.26. The molecule has 88 heavy (non-hydrogen) atoms. The smallest absolute Gasteiger partial charge is 0.0726 e. The third kappa shape index (κ3) is 7.42. The maximum Gasteiger partial charge on any atom is 0.0726 e. The standard InChI is InChI=1S/C86H60N2/c1-54-38-39-62(48-55(54)2)83(63-43-40-57-22-6-7-24-60(57)49-63)64-45-47-72-77(51-64)86(75-33-15-12-28-68(75)69-29-13-16-34-76(69)86)78-53-82(70-30-10-11-31-71(70)84(72)78)88(66-46-44-59-42-41-58-23-8-9-27-67(58)74(59)52-66)81-37-19-36-80-85(81)73-32-14-17-35-79(73)87(80)65-26-18-25-61(50-65)56-20-4-3-5-21-56/h3-40,43-53,83H,41-42H2,1-2H3. The Kier molecular flexibility index (Phi) is 11.3. The van der Waals surface area contributed by atoms with Crippen LogP contribution in [0.1, 0.15) is 67.1 Å². The molecule has 1 aromatic heterocycles. The molecule has 18 rings (SSSR count). The topological polar surface area (TPSA) is 8.17 Å². The molecule has 2 nitrogen and oxygen atoms in total. The van der Waals surface area contributed by atoms with Crippen LogP contribution in [0, 0.1) is 13.8 Å². The molecule has 0 amide bonds. The van der Waals surface area contributed by atoms with Crippen LogP contribution >= 0.6 is 0 Å². The van der Waals surface area contributed by atoms with E-state index >= 15 is 0 Å². The summed E-state index contributed by atoms with van der Waals surface area (Å²) in [5.41, 5.74) is 30.9. The highest BCUT2D eigenvalue weighted by Gasteiger charge is 2.53. The fraction of sp³-hybridized carbons (Fsp3) is 0.0698. The minimum atomic E-state index is -0.671. The molecule has 414 valence electrons. The molecular weight excluding hydrogens is 1060 g/mol. The van der Waals surface area contributed by atoms with Crippen LogP contribution in [0.2, 0.25) is 0 Å². The first-order chi connectivity index (χ1) is 43.5. The summed E-state index contributed by atoms with van der Waals surface area (Å²) in [4.78, 5) is 2.64. The third-order valence-corrected chi connectivity index (χ3v) is 20.1. The summed E-state index contributed by atoms with van der Waals surface area (Å²) in [6.07, 6.45) is 2.04. The molecule has 0 saturated heterocycles. The van der Waals surface area contributed by atoms with Crippen LogP contribution in [0.4, 0.5) is 17.1 Å². The quantitative estimate of drug-likeness (QED) is 0.138. The molecule has 0 aliphatic heterocycles. The van der Waals surface area contributed by atoms with Crippen molar-refractivity contribution in [2.24, 2.45) is 0 Å². The van der Waals surface area contributed by atoms with Crippen molar-refractivity contribution < 1.29 is 0 Å². The lowest BCUT2D eigenvalue weighted by Gasteiger charge is -2.34. The van der Waals surface area contributed by atoms with Gasteiger partial charge in [0.05, 0.1) is 27.8 Å².